The van der Waals surface area contributed by atoms with Crippen molar-refractivity contribution in [2.24, 2.45) is 0 Å². The lowest BCUT2D eigenvalue weighted by Crippen LogP contribution is -2.35. The summed E-state index contributed by atoms with van der Waals surface area (Å²) in [6, 6.07) is 7.59. The number of allylic oxidation sites excluding steroid dienone is 2. The molecule has 32 heavy (non-hydrogen) atoms. The van der Waals surface area contributed by atoms with E-state index >= 15 is 0 Å². The quantitative estimate of drug-likeness (QED) is 0.151. The maximum absolute atomic E-state index is 13.0. The summed E-state index contributed by atoms with van der Waals surface area (Å²) >= 11 is 0. The van der Waals surface area contributed by atoms with Crippen molar-refractivity contribution < 1.29 is 27.5 Å². The molecule has 1 aromatic carbocycles. The smallest absolute Gasteiger partial charge is 0.350 e. The fourth-order valence-corrected chi connectivity index (χ4v) is 4.57. The van der Waals surface area contributed by atoms with Gasteiger partial charge in [-0.05, 0) is 37.1 Å². The minimum atomic E-state index is -4.14. The summed E-state index contributed by atoms with van der Waals surface area (Å²) in [4.78, 5) is 36.9. The van der Waals surface area contributed by atoms with Gasteiger partial charge in [-0.3, -0.25) is 14.5 Å². The number of likely N-dealkylation sites (tertiary alicyclic amines) is 1. The summed E-state index contributed by atoms with van der Waals surface area (Å²) in [7, 11) is -4.14. The minimum absolute atomic E-state index is 0.0405. The fraction of sp³-hybridized carbons (Fsp3) is 0.458. The van der Waals surface area contributed by atoms with Gasteiger partial charge < -0.3 is 4.74 Å². The maximum Gasteiger partial charge on any atom is 0.350 e. The minimum Gasteiger partial charge on any atom is -0.462 e. The Balaban J connectivity index is 2.15. The zero-order chi connectivity index (χ0) is 23.4. The lowest BCUT2D eigenvalue weighted by Gasteiger charge is -2.20. The van der Waals surface area contributed by atoms with Gasteiger partial charge in [0, 0.05) is 19.0 Å². The molecule has 1 aliphatic rings. The first kappa shape index (κ1) is 25.5. The molecule has 0 N–H and O–H groups in total. The van der Waals surface area contributed by atoms with Gasteiger partial charge in [0.25, 0.3) is 0 Å². The summed E-state index contributed by atoms with van der Waals surface area (Å²) in [5, 5.41) is 0. The van der Waals surface area contributed by atoms with Gasteiger partial charge in [0.15, 0.2) is 4.91 Å². The van der Waals surface area contributed by atoms with Gasteiger partial charge in [-0.15, -0.1) is 0 Å². The van der Waals surface area contributed by atoms with Gasteiger partial charge in [-0.2, -0.15) is 0 Å². The number of piperidine rings is 1. The molecule has 8 heteroatoms. The number of sulfone groups is 1. The molecule has 0 spiro atoms. The third-order valence-corrected chi connectivity index (χ3v) is 6.85. The molecule has 1 fully saturated rings. The number of hydrogen-bond acceptors (Lipinski definition) is 6. The van der Waals surface area contributed by atoms with Gasteiger partial charge >= 0.3 is 5.97 Å². The molecule has 174 valence electrons. The molecule has 0 atom stereocenters. The molecule has 7 nitrogen and oxygen atoms in total. The Morgan fingerprint density at radius 3 is 2.28 bits per heavy atom. The number of ether oxygens (including phenoxy) is 1. The van der Waals surface area contributed by atoms with Crippen molar-refractivity contribution in [1.82, 2.24) is 4.90 Å². The second-order valence-electron chi connectivity index (χ2n) is 7.60. The summed E-state index contributed by atoms with van der Waals surface area (Å²) in [5.74, 6) is -1.67. The Kier molecular flexibility index (Phi) is 10.3. The monoisotopic (exact) mass is 461 g/mol. The molecule has 1 heterocycles. The maximum atomic E-state index is 13.0. The summed E-state index contributed by atoms with van der Waals surface area (Å²) in [6.45, 7) is 2.26. The van der Waals surface area contributed by atoms with E-state index in [1.54, 1.807) is 18.2 Å². The first-order valence-electron chi connectivity index (χ1n) is 11.1. The number of esters is 1. The molecule has 2 amide bonds. The third-order valence-electron chi connectivity index (χ3n) is 5.08. The molecule has 0 aliphatic carbocycles. The van der Waals surface area contributed by atoms with Crippen LogP contribution in [0.1, 0.15) is 64.7 Å². The Labute approximate surface area is 190 Å². The molecule has 1 aliphatic heterocycles. The van der Waals surface area contributed by atoms with Gasteiger partial charge in [0.1, 0.15) is 0 Å². The van der Waals surface area contributed by atoms with Crippen LogP contribution in [0, 0.1) is 0 Å². The van der Waals surface area contributed by atoms with Crippen molar-refractivity contribution in [3.05, 3.63) is 53.6 Å². The molecule has 1 aromatic rings. The number of amides is 2. The first-order chi connectivity index (χ1) is 15.4. The Bertz CT molecular complexity index is 934. The number of hydrogen-bond donors (Lipinski definition) is 0. The highest BCUT2D eigenvalue weighted by Crippen LogP contribution is 2.21. The number of benzene rings is 1. The van der Waals surface area contributed by atoms with E-state index in [0.29, 0.717) is 12.8 Å². The van der Waals surface area contributed by atoms with E-state index in [0.717, 1.165) is 43.1 Å². The molecule has 0 unspecified atom stereocenters. The standard InChI is InChI=1S/C24H31NO6S/c1-2-3-4-5-6-10-19-31-24(28)21(32(29,30)20-13-8-7-9-14-20)15-12-18-25-22(26)16-11-17-23(25)27/h7-9,12-15,18H,2-6,10-11,16-17,19H2,1H3/b18-12+,21-15-. The number of nitrogens with zero attached hydrogens (tertiary/aromatic N) is 1. The van der Waals surface area contributed by atoms with Crippen molar-refractivity contribution in [1.29, 1.82) is 0 Å². The number of imide groups is 1. The van der Waals surface area contributed by atoms with Crippen molar-refractivity contribution in [2.75, 3.05) is 6.61 Å². The summed E-state index contributed by atoms with van der Waals surface area (Å²) in [5.41, 5.74) is 0. The topological polar surface area (TPSA) is 97.8 Å². The van der Waals surface area contributed by atoms with E-state index in [-0.39, 0.29) is 36.2 Å². The van der Waals surface area contributed by atoms with Crippen LogP contribution < -0.4 is 0 Å². The average Bonchev–Trinajstić information content (AvgIpc) is 2.78. The van der Waals surface area contributed by atoms with Crippen LogP contribution in [0.3, 0.4) is 0 Å². The van der Waals surface area contributed by atoms with Gasteiger partial charge in [-0.1, -0.05) is 57.2 Å². The molecular formula is C24H31NO6S. The zero-order valence-corrected chi connectivity index (χ0v) is 19.3. The Hall–Kier alpha value is -2.74. The second kappa shape index (κ2) is 13.0. The van der Waals surface area contributed by atoms with Crippen LogP contribution in [0.25, 0.3) is 0 Å². The van der Waals surface area contributed by atoms with E-state index in [2.05, 4.69) is 6.92 Å². The van der Waals surface area contributed by atoms with Crippen LogP contribution in [-0.4, -0.2) is 37.7 Å². The third kappa shape index (κ3) is 7.44. The van der Waals surface area contributed by atoms with Crippen LogP contribution >= 0.6 is 0 Å². The summed E-state index contributed by atoms with van der Waals surface area (Å²) < 4.78 is 31.3. The zero-order valence-electron chi connectivity index (χ0n) is 18.5. The lowest BCUT2D eigenvalue weighted by molar-refractivity contribution is -0.144. The highest BCUT2D eigenvalue weighted by atomic mass is 32.2. The van der Waals surface area contributed by atoms with Crippen LogP contribution in [0.2, 0.25) is 0 Å². The Morgan fingerprint density at radius 1 is 1.00 bits per heavy atom. The molecule has 0 aromatic heterocycles. The SMILES string of the molecule is CCCCCCCCOC(=O)/C(=C/C=C/N1C(=O)CCCC1=O)S(=O)(=O)c1ccccc1. The van der Waals surface area contributed by atoms with E-state index in [4.69, 9.17) is 4.74 Å². The summed E-state index contributed by atoms with van der Waals surface area (Å²) in [6.07, 6.45) is 10.5. The highest BCUT2D eigenvalue weighted by Gasteiger charge is 2.28. The molecule has 0 saturated carbocycles. The molecule has 0 radical (unpaired) electrons. The van der Waals surface area contributed by atoms with Crippen molar-refractivity contribution in [3.8, 4) is 0 Å². The van der Waals surface area contributed by atoms with Gasteiger partial charge in [0.05, 0.1) is 11.5 Å². The van der Waals surface area contributed by atoms with Crippen molar-refractivity contribution >= 4 is 27.6 Å². The van der Waals surface area contributed by atoms with E-state index in [1.165, 1.54) is 24.4 Å². The van der Waals surface area contributed by atoms with Crippen LogP contribution in [0.15, 0.2) is 58.5 Å². The van der Waals surface area contributed by atoms with E-state index < -0.39 is 20.7 Å². The van der Waals surface area contributed by atoms with Gasteiger partial charge in [-0.25, -0.2) is 13.2 Å². The number of unbranched alkanes of at least 4 members (excludes halogenated alkanes) is 5. The van der Waals surface area contributed by atoms with E-state index in [1.807, 2.05) is 0 Å². The molecule has 1 saturated heterocycles. The Morgan fingerprint density at radius 2 is 1.62 bits per heavy atom. The number of carbonyl (C=O) groups excluding carboxylic acids is 3. The average molecular weight is 462 g/mol. The van der Waals surface area contributed by atoms with Crippen LogP contribution in [-0.2, 0) is 29.0 Å². The number of carbonyl (C=O) groups is 3. The highest BCUT2D eigenvalue weighted by molar-refractivity contribution is 7.96. The lowest BCUT2D eigenvalue weighted by atomic mass is 10.1. The predicted octanol–water partition coefficient (Wildman–Crippen LogP) is 4.30. The molecular weight excluding hydrogens is 430 g/mol. The number of rotatable bonds is 12. The normalized spacial score (nSPS) is 15.4. The van der Waals surface area contributed by atoms with Crippen molar-refractivity contribution in [2.45, 2.75) is 69.6 Å². The fourth-order valence-electron chi connectivity index (χ4n) is 3.27. The van der Waals surface area contributed by atoms with Crippen LogP contribution in [0.5, 0.6) is 0 Å². The van der Waals surface area contributed by atoms with Gasteiger partial charge in [0.2, 0.25) is 21.7 Å². The second-order valence-corrected chi connectivity index (χ2v) is 9.52. The molecule has 0 bridgehead atoms. The first-order valence-corrected chi connectivity index (χ1v) is 12.6. The van der Waals surface area contributed by atoms with Crippen molar-refractivity contribution in [3.63, 3.8) is 0 Å². The van der Waals surface area contributed by atoms with E-state index in [9.17, 15) is 22.8 Å². The largest absolute Gasteiger partial charge is 0.462 e. The van der Waals surface area contributed by atoms with Crippen LogP contribution in [0.4, 0.5) is 0 Å². The predicted molar refractivity (Wildman–Crippen MR) is 121 cm³/mol. The molecule has 2 rings (SSSR count).